The van der Waals surface area contributed by atoms with Gasteiger partial charge >= 0.3 is 5.97 Å². The second-order valence-electron chi connectivity index (χ2n) is 7.18. The molecule has 2 aromatic carbocycles. The van der Waals surface area contributed by atoms with Gasteiger partial charge in [-0.2, -0.15) is 0 Å². The van der Waals surface area contributed by atoms with Crippen LogP contribution in [0.15, 0.2) is 79.0 Å². The van der Waals surface area contributed by atoms with Gasteiger partial charge < -0.3 is 10.1 Å². The number of ether oxygens (including phenoxy) is 1. The van der Waals surface area contributed by atoms with Crippen LogP contribution < -0.4 is 10.1 Å². The van der Waals surface area contributed by atoms with Gasteiger partial charge in [0.2, 0.25) is 0 Å². The normalized spacial score (nSPS) is 10.8. The Hall–Kier alpha value is -3.60. The highest BCUT2D eigenvalue weighted by Gasteiger charge is 2.14. The van der Waals surface area contributed by atoms with E-state index in [1.165, 1.54) is 5.56 Å². The molecule has 0 saturated carbocycles. The Balaban J connectivity index is 1.59. The van der Waals surface area contributed by atoms with E-state index in [-0.39, 0.29) is 5.97 Å². The molecule has 2 aromatic heterocycles. The lowest BCUT2D eigenvalue weighted by Gasteiger charge is -2.10. The zero-order valence-corrected chi connectivity index (χ0v) is 17.0. The van der Waals surface area contributed by atoms with E-state index in [1.807, 2.05) is 66.9 Å². The number of fused-ring (bicyclic) bond motifs is 1. The molecule has 4 rings (SSSR count). The highest BCUT2D eigenvalue weighted by Crippen LogP contribution is 2.30. The van der Waals surface area contributed by atoms with Crippen molar-refractivity contribution in [3.05, 3.63) is 84.6 Å². The Labute approximate surface area is 176 Å². The molecule has 0 fully saturated rings. The number of pyridine rings is 1. The fourth-order valence-electron chi connectivity index (χ4n) is 3.33. The molecule has 0 aliphatic carbocycles. The first-order chi connectivity index (χ1) is 14.7. The predicted molar refractivity (Wildman–Crippen MR) is 120 cm³/mol. The molecule has 152 valence electrons. The molecule has 0 radical (unpaired) electrons. The number of imidazole rings is 1. The van der Waals surface area contributed by atoms with Gasteiger partial charge in [0.25, 0.3) is 0 Å². The number of hydrogen-bond donors (Lipinski definition) is 1. The Morgan fingerprint density at radius 2 is 1.77 bits per heavy atom. The summed E-state index contributed by atoms with van der Waals surface area (Å²) in [6, 6.07) is 23.8. The SMILES string of the molecule is CCCCC(=O)Oc1ccc(-c2nc3ccccn3c2NCc2ccccc2)cc1. The van der Waals surface area contributed by atoms with Crippen LogP contribution in [0, 0.1) is 0 Å². The Morgan fingerprint density at radius 1 is 1.00 bits per heavy atom. The summed E-state index contributed by atoms with van der Waals surface area (Å²) < 4.78 is 7.47. The lowest BCUT2D eigenvalue weighted by atomic mass is 10.1. The average Bonchev–Trinajstić information content (AvgIpc) is 3.16. The van der Waals surface area contributed by atoms with Crippen LogP contribution in [-0.4, -0.2) is 15.4 Å². The number of nitrogens with one attached hydrogen (secondary N) is 1. The van der Waals surface area contributed by atoms with E-state index >= 15 is 0 Å². The van der Waals surface area contributed by atoms with E-state index in [0.29, 0.717) is 18.7 Å². The fraction of sp³-hybridized carbons (Fsp3) is 0.200. The maximum absolute atomic E-state index is 11.9. The number of carbonyl (C=O) groups is 1. The molecular formula is C25H25N3O2. The van der Waals surface area contributed by atoms with Crippen LogP contribution in [0.3, 0.4) is 0 Å². The summed E-state index contributed by atoms with van der Waals surface area (Å²) in [5.41, 5.74) is 3.89. The summed E-state index contributed by atoms with van der Waals surface area (Å²) >= 11 is 0. The van der Waals surface area contributed by atoms with Crippen molar-refractivity contribution in [3.63, 3.8) is 0 Å². The molecule has 2 heterocycles. The first-order valence-corrected chi connectivity index (χ1v) is 10.3. The lowest BCUT2D eigenvalue weighted by Crippen LogP contribution is -2.07. The molecule has 0 amide bonds. The lowest BCUT2D eigenvalue weighted by molar-refractivity contribution is -0.134. The summed E-state index contributed by atoms with van der Waals surface area (Å²) in [5.74, 6) is 1.30. The minimum absolute atomic E-state index is 0.192. The van der Waals surface area contributed by atoms with Crippen LogP contribution in [0.1, 0.15) is 31.7 Å². The zero-order chi connectivity index (χ0) is 20.8. The Kier molecular flexibility index (Phi) is 6.09. The molecule has 0 aliphatic heterocycles. The molecular weight excluding hydrogens is 374 g/mol. The average molecular weight is 399 g/mol. The van der Waals surface area contributed by atoms with Crippen LogP contribution in [-0.2, 0) is 11.3 Å². The number of unbranched alkanes of at least 4 members (excludes halogenated alkanes) is 1. The number of carbonyl (C=O) groups excluding carboxylic acids is 1. The van der Waals surface area contributed by atoms with Crippen LogP contribution in [0.5, 0.6) is 5.75 Å². The molecule has 0 unspecified atom stereocenters. The van der Waals surface area contributed by atoms with Crippen LogP contribution >= 0.6 is 0 Å². The van der Waals surface area contributed by atoms with Gasteiger partial charge in [-0.1, -0.05) is 49.7 Å². The second kappa shape index (κ2) is 9.27. The first-order valence-electron chi connectivity index (χ1n) is 10.3. The number of benzene rings is 2. The van der Waals surface area contributed by atoms with Crippen molar-refractivity contribution in [3.8, 4) is 17.0 Å². The molecule has 0 atom stereocenters. The standard InChI is InChI=1S/C25H25N3O2/c1-2-3-12-23(29)30-21-15-13-20(14-16-21)24-25(26-18-19-9-5-4-6-10-19)28-17-8-7-11-22(28)27-24/h4-11,13-17,26H,2-3,12,18H2,1H3. The van der Waals surface area contributed by atoms with Crippen molar-refractivity contribution in [1.29, 1.82) is 0 Å². The van der Waals surface area contributed by atoms with Gasteiger partial charge in [-0.3, -0.25) is 9.20 Å². The quantitative estimate of drug-likeness (QED) is 0.305. The van der Waals surface area contributed by atoms with Crippen molar-refractivity contribution >= 4 is 17.4 Å². The predicted octanol–water partition coefficient (Wildman–Crippen LogP) is 5.71. The van der Waals surface area contributed by atoms with Gasteiger partial charge in [0.15, 0.2) is 0 Å². The maximum Gasteiger partial charge on any atom is 0.311 e. The van der Waals surface area contributed by atoms with Gasteiger partial charge in [-0.05, 0) is 48.4 Å². The molecule has 4 aromatic rings. The Morgan fingerprint density at radius 3 is 2.53 bits per heavy atom. The van der Waals surface area contributed by atoms with Crippen LogP contribution in [0.2, 0.25) is 0 Å². The van der Waals surface area contributed by atoms with Crippen molar-refractivity contribution in [1.82, 2.24) is 9.38 Å². The van der Waals surface area contributed by atoms with Gasteiger partial charge in [0.05, 0.1) is 0 Å². The number of rotatable bonds is 8. The van der Waals surface area contributed by atoms with Gasteiger partial charge in [-0.25, -0.2) is 4.98 Å². The molecule has 1 N–H and O–H groups in total. The van der Waals surface area contributed by atoms with Crippen molar-refractivity contribution < 1.29 is 9.53 Å². The van der Waals surface area contributed by atoms with Crippen LogP contribution in [0.25, 0.3) is 16.9 Å². The summed E-state index contributed by atoms with van der Waals surface area (Å²) in [6.07, 6.45) is 4.26. The summed E-state index contributed by atoms with van der Waals surface area (Å²) in [5, 5.41) is 3.54. The number of esters is 1. The van der Waals surface area contributed by atoms with E-state index in [2.05, 4.69) is 28.8 Å². The molecule has 0 aliphatic rings. The zero-order valence-electron chi connectivity index (χ0n) is 17.0. The molecule has 0 saturated heterocycles. The molecule has 5 nitrogen and oxygen atoms in total. The minimum atomic E-state index is -0.192. The summed E-state index contributed by atoms with van der Waals surface area (Å²) in [6.45, 7) is 2.75. The fourth-order valence-corrected chi connectivity index (χ4v) is 3.33. The van der Waals surface area contributed by atoms with Gasteiger partial charge in [-0.15, -0.1) is 0 Å². The molecule has 5 heteroatoms. The van der Waals surface area contributed by atoms with E-state index in [1.54, 1.807) is 0 Å². The van der Waals surface area contributed by atoms with Crippen molar-refractivity contribution in [2.75, 3.05) is 5.32 Å². The van der Waals surface area contributed by atoms with E-state index in [9.17, 15) is 4.79 Å². The Bertz CT molecular complexity index is 1120. The third-order valence-corrected chi connectivity index (χ3v) is 4.93. The number of anilines is 1. The highest BCUT2D eigenvalue weighted by molar-refractivity contribution is 5.77. The highest BCUT2D eigenvalue weighted by atomic mass is 16.5. The number of hydrogen-bond acceptors (Lipinski definition) is 4. The van der Waals surface area contributed by atoms with Crippen molar-refractivity contribution in [2.24, 2.45) is 0 Å². The summed E-state index contributed by atoms with van der Waals surface area (Å²) in [4.78, 5) is 16.7. The van der Waals surface area contributed by atoms with Gasteiger partial charge in [0, 0.05) is 24.7 Å². The minimum Gasteiger partial charge on any atom is -0.427 e. The largest absolute Gasteiger partial charge is 0.427 e. The monoisotopic (exact) mass is 399 g/mol. The van der Waals surface area contributed by atoms with E-state index in [4.69, 9.17) is 9.72 Å². The third-order valence-electron chi connectivity index (χ3n) is 4.93. The third kappa shape index (κ3) is 4.51. The second-order valence-corrected chi connectivity index (χ2v) is 7.18. The van der Waals surface area contributed by atoms with Crippen LogP contribution in [0.4, 0.5) is 5.82 Å². The smallest absolute Gasteiger partial charge is 0.311 e. The maximum atomic E-state index is 11.9. The number of aromatic nitrogens is 2. The first kappa shape index (κ1) is 19.7. The van der Waals surface area contributed by atoms with E-state index < -0.39 is 0 Å². The van der Waals surface area contributed by atoms with Crippen molar-refractivity contribution in [2.45, 2.75) is 32.7 Å². The topological polar surface area (TPSA) is 55.6 Å². The van der Waals surface area contributed by atoms with E-state index in [0.717, 1.165) is 35.6 Å². The number of nitrogens with zero attached hydrogens (tertiary/aromatic N) is 2. The van der Waals surface area contributed by atoms with Gasteiger partial charge in [0.1, 0.15) is 22.9 Å². The summed E-state index contributed by atoms with van der Waals surface area (Å²) in [7, 11) is 0. The molecule has 0 spiro atoms. The molecule has 0 bridgehead atoms. The molecule has 30 heavy (non-hydrogen) atoms.